The summed E-state index contributed by atoms with van der Waals surface area (Å²) in [7, 11) is 1.76. The standard InChI is InChI=1S/C13H21NO3/c1-4-9(2)14(3)12(15)10-7-5-6-8-11(10)13(16)17/h5-6,9-11H,4,7-8H2,1-3H3,(H,16,17). The topological polar surface area (TPSA) is 57.6 Å². The molecule has 1 N–H and O–H groups in total. The van der Waals surface area contributed by atoms with Crippen molar-refractivity contribution in [2.24, 2.45) is 11.8 Å². The van der Waals surface area contributed by atoms with E-state index in [1.54, 1.807) is 11.9 Å². The van der Waals surface area contributed by atoms with E-state index in [-0.39, 0.29) is 11.9 Å². The summed E-state index contributed by atoms with van der Waals surface area (Å²) in [4.78, 5) is 25.0. The second kappa shape index (κ2) is 5.84. The SMILES string of the molecule is CCC(C)N(C)C(=O)C1CC=CCC1C(=O)O. The quantitative estimate of drug-likeness (QED) is 0.762. The number of aliphatic carboxylic acids is 1. The molecular formula is C13H21NO3. The Morgan fingerprint density at radius 3 is 2.35 bits per heavy atom. The summed E-state index contributed by atoms with van der Waals surface area (Å²) in [5, 5.41) is 9.13. The Kier molecular flexibility index (Phi) is 4.73. The highest BCUT2D eigenvalue weighted by Crippen LogP contribution is 2.28. The number of hydrogen-bond acceptors (Lipinski definition) is 2. The van der Waals surface area contributed by atoms with Gasteiger partial charge in [-0.15, -0.1) is 0 Å². The number of carboxylic acids is 1. The minimum absolute atomic E-state index is 0.0453. The molecule has 0 aliphatic heterocycles. The van der Waals surface area contributed by atoms with E-state index in [0.29, 0.717) is 12.8 Å². The lowest BCUT2D eigenvalue weighted by Gasteiger charge is -2.31. The Labute approximate surface area is 102 Å². The number of carbonyl (C=O) groups excluding carboxylic acids is 1. The average molecular weight is 239 g/mol. The van der Waals surface area contributed by atoms with Crippen LogP contribution in [0.3, 0.4) is 0 Å². The Morgan fingerprint density at radius 1 is 1.35 bits per heavy atom. The Hall–Kier alpha value is -1.32. The maximum Gasteiger partial charge on any atom is 0.307 e. The third kappa shape index (κ3) is 3.08. The lowest BCUT2D eigenvalue weighted by atomic mass is 9.82. The van der Waals surface area contributed by atoms with Crippen LogP contribution in [0.4, 0.5) is 0 Å². The van der Waals surface area contributed by atoms with Gasteiger partial charge in [0.25, 0.3) is 0 Å². The van der Waals surface area contributed by atoms with Crippen molar-refractivity contribution >= 4 is 11.9 Å². The number of nitrogens with zero attached hydrogens (tertiary/aromatic N) is 1. The van der Waals surface area contributed by atoms with Crippen LogP contribution >= 0.6 is 0 Å². The summed E-state index contributed by atoms with van der Waals surface area (Å²) in [6.07, 6.45) is 5.64. The second-order valence-corrected chi connectivity index (χ2v) is 4.70. The fraction of sp³-hybridized carbons (Fsp3) is 0.692. The number of hydrogen-bond donors (Lipinski definition) is 1. The molecule has 96 valence electrons. The fourth-order valence-corrected chi connectivity index (χ4v) is 2.11. The van der Waals surface area contributed by atoms with Gasteiger partial charge < -0.3 is 10.0 Å². The van der Waals surface area contributed by atoms with Crippen LogP contribution < -0.4 is 0 Å². The van der Waals surface area contributed by atoms with Crippen LogP contribution in [0.15, 0.2) is 12.2 Å². The molecule has 4 nitrogen and oxygen atoms in total. The number of carbonyl (C=O) groups is 2. The summed E-state index contributed by atoms with van der Waals surface area (Å²) in [6.45, 7) is 4.00. The molecule has 0 aromatic heterocycles. The van der Waals surface area contributed by atoms with Crippen molar-refractivity contribution in [2.75, 3.05) is 7.05 Å². The second-order valence-electron chi connectivity index (χ2n) is 4.70. The van der Waals surface area contributed by atoms with E-state index in [1.807, 2.05) is 26.0 Å². The average Bonchev–Trinajstić information content (AvgIpc) is 2.35. The van der Waals surface area contributed by atoms with Crippen LogP contribution in [-0.2, 0) is 9.59 Å². The van der Waals surface area contributed by atoms with Crippen LogP contribution in [0.5, 0.6) is 0 Å². The zero-order valence-corrected chi connectivity index (χ0v) is 10.7. The first kappa shape index (κ1) is 13.7. The van der Waals surface area contributed by atoms with Crippen LogP contribution in [0.1, 0.15) is 33.1 Å². The molecular weight excluding hydrogens is 218 g/mol. The summed E-state index contributed by atoms with van der Waals surface area (Å²) in [5.41, 5.74) is 0. The van der Waals surface area contributed by atoms with Gasteiger partial charge in [0, 0.05) is 13.1 Å². The van der Waals surface area contributed by atoms with Gasteiger partial charge in [0.05, 0.1) is 11.8 Å². The maximum atomic E-state index is 12.2. The molecule has 0 aromatic carbocycles. The fourth-order valence-electron chi connectivity index (χ4n) is 2.11. The van der Waals surface area contributed by atoms with Gasteiger partial charge in [-0.1, -0.05) is 19.1 Å². The van der Waals surface area contributed by atoms with Gasteiger partial charge in [-0.3, -0.25) is 9.59 Å². The predicted molar refractivity (Wildman–Crippen MR) is 65.5 cm³/mol. The molecule has 17 heavy (non-hydrogen) atoms. The molecule has 0 aromatic rings. The first-order valence-corrected chi connectivity index (χ1v) is 6.13. The van der Waals surface area contributed by atoms with Gasteiger partial charge in [0.1, 0.15) is 0 Å². The third-order valence-electron chi connectivity index (χ3n) is 3.67. The van der Waals surface area contributed by atoms with E-state index in [2.05, 4.69) is 0 Å². The molecule has 1 amide bonds. The largest absolute Gasteiger partial charge is 0.481 e. The van der Waals surface area contributed by atoms with Crippen molar-refractivity contribution in [3.8, 4) is 0 Å². The van der Waals surface area contributed by atoms with Gasteiger partial charge in [0.15, 0.2) is 0 Å². The number of amides is 1. The van der Waals surface area contributed by atoms with Crippen LogP contribution in [0, 0.1) is 11.8 Å². The first-order chi connectivity index (χ1) is 7.99. The smallest absolute Gasteiger partial charge is 0.307 e. The van der Waals surface area contributed by atoms with Gasteiger partial charge in [-0.2, -0.15) is 0 Å². The van der Waals surface area contributed by atoms with Crippen LogP contribution in [0.25, 0.3) is 0 Å². The molecule has 3 atom stereocenters. The maximum absolute atomic E-state index is 12.2. The molecule has 1 aliphatic carbocycles. The van der Waals surface area contributed by atoms with Crippen molar-refractivity contribution < 1.29 is 14.7 Å². The number of allylic oxidation sites excluding steroid dienone is 2. The summed E-state index contributed by atoms with van der Waals surface area (Å²) in [5.74, 6) is -1.89. The molecule has 0 radical (unpaired) electrons. The predicted octanol–water partition coefficient (Wildman–Crippen LogP) is 1.91. The monoisotopic (exact) mass is 239 g/mol. The molecule has 0 bridgehead atoms. The van der Waals surface area contributed by atoms with Crippen molar-refractivity contribution in [1.29, 1.82) is 0 Å². The van der Waals surface area contributed by atoms with E-state index < -0.39 is 17.8 Å². The highest BCUT2D eigenvalue weighted by molar-refractivity contribution is 5.85. The molecule has 1 aliphatic rings. The molecule has 4 heteroatoms. The van der Waals surface area contributed by atoms with Gasteiger partial charge in [0.2, 0.25) is 5.91 Å². The van der Waals surface area contributed by atoms with Crippen molar-refractivity contribution in [2.45, 2.75) is 39.2 Å². The Morgan fingerprint density at radius 2 is 1.88 bits per heavy atom. The first-order valence-electron chi connectivity index (χ1n) is 6.13. The summed E-state index contributed by atoms with van der Waals surface area (Å²) in [6, 6.07) is 0.155. The highest BCUT2D eigenvalue weighted by Gasteiger charge is 2.36. The van der Waals surface area contributed by atoms with E-state index in [4.69, 9.17) is 5.11 Å². The lowest BCUT2D eigenvalue weighted by molar-refractivity contribution is -0.150. The highest BCUT2D eigenvalue weighted by atomic mass is 16.4. The number of carboxylic acid groups (broad SMARTS) is 1. The number of rotatable bonds is 4. The van der Waals surface area contributed by atoms with E-state index >= 15 is 0 Å². The van der Waals surface area contributed by atoms with E-state index in [0.717, 1.165) is 6.42 Å². The zero-order valence-electron chi connectivity index (χ0n) is 10.7. The molecule has 0 saturated heterocycles. The summed E-state index contributed by atoms with van der Waals surface area (Å²) >= 11 is 0. The lowest BCUT2D eigenvalue weighted by Crippen LogP contribution is -2.43. The van der Waals surface area contributed by atoms with Crippen molar-refractivity contribution in [1.82, 2.24) is 4.90 Å². The van der Waals surface area contributed by atoms with Gasteiger partial charge >= 0.3 is 5.97 Å². The van der Waals surface area contributed by atoms with Crippen LogP contribution in [-0.4, -0.2) is 35.0 Å². The van der Waals surface area contributed by atoms with E-state index in [9.17, 15) is 9.59 Å². The van der Waals surface area contributed by atoms with E-state index in [1.165, 1.54) is 0 Å². The molecule has 0 fully saturated rings. The molecule has 0 spiro atoms. The Balaban J connectivity index is 2.79. The van der Waals surface area contributed by atoms with Gasteiger partial charge in [-0.25, -0.2) is 0 Å². The Bertz CT molecular complexity index is 325. The van der Waals surface area contributed by atoms with Crippen molar-refractivity contribution in [3.63, 3.8) is 0 Å². The van der Waals surface area contributed by atoms with Gasteiger partial charge in [-0.05, 0) is 26.2 Å². The zero-order chi connectivity index (χ0) is 13.0. The molecule has 0 saturated carbocycles. The molecule has 0 heterocycles. The minimum Gasteiger partial charge on any atom is -0.481 e. The summed E-state index contributed by atoms with van der Waals surface area (Å²) < 4.78 is 0. The molecule has 1 rings (SSSR count). The minimum atomic E-state index is -0.870. The molecule has 3 unspecified atom stereocenters. The normalized spacial score (nSPS) is 25.4. The van der Waals surface area contributed by atoms with Crippen molar-refractivity contribution in [3.05, 3.63) is 12.2 Å². The van der Waals surface area contributed by atoms with Crippen LogP contribution in [0.2, 0.25) is 0 Å². The third-order valence-corrected chi connectivity index (χ3v) is 3.67.